The molecule has 0 N–H and O–H groups in total. The lowest BCUT2D eigenvalue weighted by Gasteiger charge is -2.46. The monoisotopic (exact) mass is 255 g/mol. The number of nitriles is 1. The van der Waals surface area contributed by atoms with Crippen LogP contribution in [0.25, 0.3) is 0 Å². The highest BCUT2D eigenvalue weighted by atomic mass is 15.3. The lowest BCUT2D eigenvalue weighted by Crippen LogP contribution is -2.59. The Labute approximate surface area is 115 Å². The second kappa shape index (κ2) is 5.73. The van der Waals surface area contributed by atoms with Gasteiger partial charge in [0.25, 0.3) is 0 Å². The molecule has 0 spiro atoms. The van der Waals surface area contributed by atoms with Gasteiger partial charge in [0.1, 0.15) is 0 Å². The van der Waals surface area contributed by atoms with Crippen molar-refractivity contribution in [1.29, 1.82) is 5.26 Å². The summed E-state index contributed by atoms with van der Waals surface area (Å²) in [5.74, 6) is 0. The maximum Gasteiger partial charge on any atom is 0.0991 e. The van der Waals surface area contributed by atoms with E-state index in [1.54, 1.807) is 0 Å². The molecule has 0 aromatic heterocycles. The SMILES string of the molecule is N#Cc1ccc(CN2CC(N3CCCCC3)C2)cc1. The van der Waals surface area contributed by atoms with Gasteiger partial charge in [0.2, 0.25) is 0 Å². The highest BCUT2D eigenvalue weighted by Gasteiger charge is 2.31. The third kappa shape index (κ3) is 2.97. The van der Waals surface area contributed by atoms with Crippen LogP contribution in [0.1, 0.15) is 30.4 Å². The fourth-order valence-electron chi connectivity index (χ4n) is 3.13. The molecule has 2 aliphatic rings. The third-order valence-corrected chi connectivity index (χ3v) is 4.33. The number of hydrogen-bond donors (Lipinski definition) is 0. The first-order valence-corrected chi connectivity index (χ1v) is 7.30. The van der Waals surface area contributed by atoms with Crippen LogP contribution in [0.2, 0.25) is 0 Å². The summed E-state index contributed by atoms with van der Waals surface area (Å²) in [5, 5.41) is 8.78. The molecule has 1 aromatic rings. The number of benzene rings is 1. The molecule has 1 aromatic carbocycles. The van der Waals surface area contributed by atoms with Gasteiger partial charge in [-0.2, -0.15) is 5.26 Å². The van der Waals surface area contributed by atoms with Crippen LogP contribution in [0.4, 0.5) is 0 Å². The fourth-order valence-corrected chi connectivity index (χ4v) is 3.13. The molecule has 2 fully saturated rings. The first kappa shape index (κ1) is 12.7. The van der Waals surface area contributed by atoms with Crippen molar-refractivity contribution in [3.63, 3.8) is 0 Å². The van der Waals surface area contributed by atoms with Gasteiger partial charge in [0.05, 0.1) is 11.6 Å². The number of nitrogens with zero attached hydrogens (tertiary/aromatic N) is 3. The van der Waals surface area contributed by atoms with Crippen molar-refractivity contribution >= 4 is 0 Å². The average molecular weight is 255 g/mol. The largest absolute Gasteiger partial charge is 0.298 e. The van der Waals surface area contributed by atoms with Gasteiger partial charge in [0, 0.05) is 25.7 Å². The summed E-state index contributed by atoms with van der Waals surface area (Å²) >= 11 is 0. The Morgan fingerprint density at radius 3 is 2.37 bits per heavy atom. The van der Waals surface area contributed by atoms with E-state index in [0.29, 0.717) is 0 Å². The molecule has 3 nitrogen and oxygen atoms in total. The number of piperidine rings is 1. The van der Waals surface area contributed by atoms with E-state index in [-0.39, 0.29) is 0 Å². The van der Waals surface area contributed by atoms with Crippen LogP contribution in [0, 0.1) is 11.3 Å². The van der Waals surface area contributed by atoms with E-state index in [9.17, 15) is 0 Å². The predicted octanol–water partition coefficient (Wildman–Crippen LogP) is 2.23. The van der Waals surface area contributed by atoms with E-state index in [0.717, 1.165) is 18.2 Å². The van der Waals surface area contributed by atoms with Crippen molar-refractivity contribution in [2.24, 2.45) is 0 Å². The summed E-state index contributed by atoms with van der Waals surface area (Å²) in [4.78, 5) is 5.17. The molecule has 100 valence electrons. The lowest BCUT2D eigenvalue weighted by molar-refractivity contribution is 0.0186. The Balaban J connectivity index is 1.46. The molecule has 2 aliphatic heterocycles. The van der Waals surface area contributed by atoms with E-state index in [1.807, 2.05) is 12.1 Å². The first-order chi connectivity index (χ1) is 9.35. The van der Waals surface area contributed by atoms with Gasteiger partial charge in [-0.15, -0.1) is 0 Å². The maximum absolute atomic E-state index is 8.78. The van der Waals surface area contributed by atoms with E-state index in [1.165, 1.54) is 51.0 Å². The Morgan fingerprint density at radius 1 is 1.05 bits per heavy atom. The van der Waals surface area contributed by atoms with Crippen LogP contribution < -0.4 is 0 Å². The molecule has 0 bridgehead atoms. The van der Waals surface area contributed by atoms with E-state index >= 15 is 0 Å². The zero-order valence-electron chi connectivity index (χ0n) is 11.4. The van der Waals surface area contributed by atoms with Gasteiger partial charge >= 0.3 is 0 Å². The maximum atomic E-state index is 8.78. The number of likely N-dealkylation sites (tertiary alicyclic amines) is 2. The zero-order valence-corrected chi connectivity index (χ0v) is 11.4. The van der Waals surface area contributed by atoms with Crippen LogP contribution in [0.15, 0.2) is 24.3 Å². The molecule has 2 saturated heterocycles. The summed E-state index contributed by atoms with van der Waals surface area (Å²) in [6.45, 7) is 6.04. The predicted molar refractivity (Wildman–Crippen MR) is 75.6 cm³/mol. The minimum absolute atomic E-state index is 0.749. The summed E-state index contributed by atoms with van der Waals surface area (Å²) in [5.41, 5.74) is 2.06. The van der Waals surface area contributed by atoms with Crippen molar-refractivity contribution in [1.82, 2.24) is 9.80 Å². The third-order valence-electron chi connectivity index (χ3n) is 4.33. The molecular formula is C16H21N3. The van der Waals surface area contributed by atoms with Gasteiger partial charge in [-0.1, -0.05) is 18.6 Å². The molecule has 0 unspecified atom stereocenters. The average Bonchev–Trinajstić information content (AvgIpc) is 2.44. The molecule has 3 rings (SSSR count). The van der Waals surface area contributed by atoms with Crippen LogP contribution in [-0.2, 0) is 6.54 Å². The minimum atomic E-state index is 0.749. The summed E-state index contributed by atoms with van der Waals surface area (Å²) in [6.07, 6.45) is 4.18. The van der Waals surface area contributed by atoms with Gasteiger partial charge in [-0.3, -0.25) is 9.80 Å². The van der Waals surface area contributed by atoms with Crippen molar-refractivity contribution in [3.8, 4) is 6.07 Å². The van der Waals surface area contributed by atoms with Crippen LogP contribution in [0.3, 0.4) is 0 Å². The minimum Gasteiger partial charge on any atom is -0.298 e. The molecule has 2 heterocycles. The second-order valence-electron chi connectivity index (χ2n) is 5.75. The summed E-state index contributed by atoms with van der Waals surface area (Å²) in [6, 6.07) is 10.9. The van der Waals surface area contributed by atoms with Gasteiger partial charge < -0.3 is 0 Å². The van der Waals surface area contributed by atoms with Gasteiger partial charge in [0.15, 0.2) is 0 Å². The van der Waals surface area contributed by atoms with E-state index in [2.05, 4.69) is 28.0 Å². The molecule has 3 heteroatoms. The normalized spacial score (nSPS) is 21.8. The Hall–Kier alpha value is -1.37. The molecular weight excluding hydrogens is 234 g/mol. The van der Waals surface area contributed by atoms with Crippen LogP contribution in [-0.4, -0.2) is 42.0 Å². The molecule has 0 aliphatic carbocycles. The zero-order chi connectivity index (χ0) is 13.1. The Kier molecular flexibility index (Phi) is 3.82. The highest BCUT2D eigenvalue weighted by Crippen LogP contribution is 2.21. The van der Waals surface area contributed by atoms with Gasteiger partial charge in [-0.05, 0) is 43.6 Å². The molecule has 0 atom stereocenters. The fraction of sp³-hybridized carbons (Fsp3) is 0.562. The number of rotatable bonds is 3. The van der Waals surface area contributed by atoms with Crippen LogP contribution in [0.5, 0.6) is 0 Å². The second-order valence-corrected chi connectivity index (χ2v) is 5.75. The van der Waals surface area contributed by atoms with Crippen molar-refractivity contribution in [3.05, 3.63) is 35.4 Å². The quantitative estimate of drug-likeness (QED) is 0.829. The molecule has 0 radical (unpaired) electrons. The lowest BCUT2D eigenvalue weighted by atomic mass is 10.0. The number of hydrogen-bond acceptors (Lipinski definition) is 3. The van der Waals surface area contributed by atoms with Gasteiger partial charge in [-0.25, -0.2) is 0 Å². The molecule has 19 heavy (non-hydrogen) atoms. The van der Waals surface area contributed by atoms with E-state index in [4.69, 9.17) is 5.26 Å². The topological polar surface area (TPSA) is 30.3 Å². The Bertz CT molecular complexity index is 448. The van der Waals surface area contributed by atoms with Crippen molar-refractivity contribution < 1.29 is 0 Å². The molecule has 0 amide bonds. The highest BCUT2D eigenvalue weighted by molar-refractivity contribution is 5.31. The first-order valence-electron chi connectivity index (χ1n) is 7.30. The van der Waals surface area contributed by atoms with Crippen LogP contribution >= 0.6 is 0 Å². The van der Waals surface area contributed by atoms with Crippen molar-refractivity contribution in [2.75, 3.05) is 26.2 Å². The summed E-state index contributed by atoms with van der Waals surface area (Å²) < 4.78 is 0. The Morgan fingerprint density at radius 2 is 1.74 bits per heavy atom. The van der Waals surface area contributed by atoms with E-state index < -0.39 is 0 Å². The van der Waals surface area contributed by atoms with Crippen molar-refractivity contribution in [2.45, 2.75) is 31.8 Å². The standard InChI is InChI=1S/C16H21N3/c17-10-14-4-6-15(7-5-14)11-18-12-16(13-18)19-8-2-1-3-9-19/h4-7,16H,1-3,8-9,11-13H2. The summed E-state index contributed by atoms with van der Waals surface area (Å²) in [7, 11) is 0. The molecule has 0 saturated carbocycles. The smallest absolute Gasteiger partial charge is 0.0991 e.